The molecule has 4 rings (SSSR count). The molecule has 3 nitrogen and oxygen atoms in total. The van der Waals surface area contributed by atoms with Crippen molar-refractivity contribution in [2.45, 2.75) is 47.3 Å². The van der Waals surface area contributed by atoms with Gasteiger partial charge in [-0.05, 0) is 37.1 Å². The lowest BCUT2D eigenvalue weighted by atomic mass is 9.70. The third-order valence-corrected chi connectivity index (χ3v) is 6.75. The van der Waals surface area contributed by atoms with E-state index >= 15 is 4.39 Å². The molecule has 148 valence electrons. The molecule has 1 aliphatic rings. The van der Waals surface area contributed by atoms with Crippen LogP contribution in [0, 0.1) is 23.0 Å². The number of hydrogen-bond donors (Lipinski definition) is 0. The highest BCUT2D eigenvalue weighted by Gasteiger charge is 2.37. The van der Waals surface area contributed by atoms with Gasteiger partial charge in [-0.1, -0.05) is 49.2 Å². The topological polar surface area (TPSA) is 41.6 Å². The molecule has 6 heteroatoms. The molecule has 0 amide bonds. The van der Waals surface area contributed by atoms with Crippen LogP contribution < -0.4 is 0 Å². The molecule has 1 aromatic heterocycles. The average molecular weight is 410 g/mol. The van der Waals surface area contributed by atoms with E-state index < -0.39 is 17.0 Å². The second kappa shape index (κ2) is 8.00. The van der Waals surface area contributed by atoms with Gasteiger partial charge in [0.2, 0.25) is 0 Å². The van der Waals surface area contributed by atoms with Gasteiger partial charge >= 0.3 is 0 Å². The molecule has 3 aromatic rings. The highest BCUT2D eigenvalue weighted by molar-refractivity contribution is 7.99. The summed E-state index contributed by atoms with van der Waals surface area (Å²) in [5.74, 6) is -0.817. The molecule has 2 aromatic carbocycles. The number of halogens is 2. The monoisotopic (exact) mass is 409 g/mol. The van der Waals surface area contributed by atoms with Crippen molar-refractivity contribution >= 4 is 11.8 Å². The number of nitriles is 1. The number of rotatable bonds is 4. The summed E-state index contributed by atoms with van der Waals surface area (Å²) < 4.78 is 31.8. The van der Waals surface area contributed by atoms with Gasteiger partial charge < -0.3 is 0 Å². The lowest BCUT2D eigenvalue weighted by Crippen LogP contribution is -2.28. The van der Waals surface area contributed by atoms with E-state index in [-0.39, 0.29) is 0 Å². The van der Waals surface area contributed by atoms with Crippen molar-refractivity contribution in [2.75, 3.05) is 0 Å². The Labute approximate surface area is 173 Å². The second-order valence-corrected chi connectivity index (χ2v) is 8.54. The fourth-order valence-electron chi connectivity index (χ4n) is 4.07. The van der Waals surface area contributed by atoms with E-state index in [9.17, 15) is 9.65 Å². The minimum Gasteiger partial charge on any atom is -0.268 e. The minimum absolute atomic E-state index is 0.342. The van der Waals surface area contributed by atoms with Gasteiger partial charge in [0.1, 0.15) is 11.6 Å². The maximum absolute atomic E-state index is 15.4. The van der Waals surface area contributed by atoms with Gasteiger partial charge in [0.05, 0.1) is 17.2 Å². The number of benzene rings is 2. The maximum atomic E-state index is 15.4. The molecule has 1 saturated carbocycles. The predicted molar refractivity (Wildman–Crippen MR) is 110 cm³/mol. The molecule has 0 atom stereocenters. The second-order valence-electron chi connectivity index (χ2n) is 7.46. The molecule has 0 radical (unpaired) electrons. The van der Waals surface area contributed by atoms with E-state index in [0.29, 0.717) is 33.8 Å². The van der Waals surface area contributed by atoms with E-state index in [1.165, 1.54) is 6.07 Å². The van der Waals surface area contributed by atoms with Gasteiger partial charge in [0, 0.05) is 34.2 Å². The first-order valence-corrected chi connectivity index (χ1v) is 10.5. The predicted octanol–water partition coefficient (Wildman–Crippen LogP) is 6.24. The zero-order valence-corrected chi connectivity index (χ0v) is 17.0. The summed E-state index contributed by atoms with van der Waals surface area (Å²) in [6, 6.07) is 14.2. The highest BCUT2D eigenvalue weighted by Crippen LogP contribution is 2.43. The summed E-state index contributed by atoms with van der Waals surface area (Å²) in [4.78, 5) is 0.691. The Kier molecular flexibility index (Phi) is 5.42. The molecule has 29 heavy (non-hydrogen) atoms. The van der Waals surface area contributed by atoms with Crippen LogP contribution in [0.4, 0.5) is 8.78 Å². The first-order chi connectivity index (χ1) is 14.0. The highest BCUT2D eigenvalue weighted by atomic mass is 32.2. The number of nitrogens with zero attached hydrogens (tertiary/aromatic N) is 3. The normalized spacial score (nSPS) is 15.8. The quantitative estimate of drug-likeness (QED) is 0.512. The van der Waals surface area contributed by atoms with Crippen LogP contribution >= 0.6 is 11.8 Å². The summed E-state index contributed by atoms with van der Waals surface area (Å²) >= 11 is 1.06. The Morgan fingerprint density at radius 1 is 1.07 bits per heavy atom. The lowest BCUT2D eigenvalue weighted by Gasteiger charge is -2.31. The smallest absolute Gasteiger partial charge is 0.141 e. The number of hydrogen-bond acceptors (Lipinski definition) is 3. The van der Waals surface area contributed by atoms with E-state index in [0.717, 1.165) is 36.7 Å². The molecule has 0 spiro atoms. The molecule has 1 aliphatic carbocycles. The Hall–Kier alpha value is -2.65. The zero-order chi connectivity index (χ0) is 20.4. The first-order valence-electron chi connectivity index (χ1n) is 9.70. The van der Waals surface area contributed by atoms with Crippen molar-refractivity contribution in [1.82, 2.24) is 9.78 Å². The molecule has 0 aliphatic heterocycles. The lowest BCUT2D eigenvalue weighted by molar-refractivity contribution is 0.352. The molecule has 1 fully saturated rings. The van der Waals surface area contributed by atoms with Crippen LogP contribution in [-0.2, 0) is 12.5 Å². The molecular weight excluding hydrogens is 388 g/mol. The van der Waals surface area contributed by atoms with Gasteiger partial charge in [0.15, 0.2) is 0 Å². The summed E-state index contributed by atoms with van der Waals surface area (Å²) in [7, 11) is 1.80. The van der Waals surface area contributed by atoms with Crippen LogP contribution in [-0.4, -0.2) is 9.78 Å². The van der Waals surface area contributed by atoms with Crippen LogP contribution in [0.3, 0.4) is 0 Å². The molecule has 0 saturated heterocycles. The van der Waals surface area contributed by atoms with Crippen molar-refractivity contribution in [3.8, 4) is 17.3 Å². The van der Waals surface area contributed by atoms with E-state index in [1.54, 1.807) is 42.2 Å². The minimum atomic E-state index is -0.777. The molecule has 1 heterocycles. The van der Waals surface area contributed by atoms with E-state index in [1.807, 2.05) is 12.1 Å². The summed E-state index contributed by atoms with van der Waals surface area (Å²) in [6.45, 7) is 0. The van der Waals surface area contributed by atoms with Gasteiger partial charge in [-0.2, -0.15) is 10.4 Å². The largest absolute Gasteiger partial charge is 0.268 e. The standard InChI is InChI=1S/C23H21F2N3S/c1-28-19(10-13-27-28)16-8-9-20(18(24)14-16)29-21-7-5-6-17(22(21)25)23(15-26)11-3-2-4-12-23/h5-10,13-14H,2-4,11-12H2,1H3. The van der Waals surface area contributed by atoms with Crippen LogP contribution in [0.15, 0.2) is 58.5 Å². The third kappa shape index (κ3) is 3.67. The van der Waals surface area contributed by atoms with E-state index in [4.69, 9.17) is 0 Å². The van der Waals surface area contributed by atoms with Crippen molar-refractivity contribution in [2.24, 2.45) is 7.05 Å². The zero-order valence-electron chi connectivity index (χ0n) is 16.2. The van der Waals surface area contributed by atoms with Gasteiger partial charge in [0.25, 0.3) is 0 Å². The van der Waals surface area contributed by atoms with Crippen molar-refractivity contribution < 1.29 is 8.78 Å². The molecular formula is C23H21F2N3S. The Morgan fingerprint density at radius 2 is 1.86 bits per heavy atom. The Bertz CT molecular complexity index is 1080. The Balaban J connectivity index is 1.65. The molecule has 0 bridgehead atoms. The van der Waals surface area contributed by atoms with Gasteiger partial charge in [-0.15, -0.1) is 0 Å². The molecule has 0 N–H and O–H groups in total. The molecule has 0 unspecified atom stereocenters. The summed E-state index contributed by atoms with van der Waals surface area (Å²) in [5, 5.41) is 13.9. The number of aryl methyl sites for hydroxylation is 1. The fraction of sp³-hybridized carbons (Fsp3) is 0.304. The third-order valence-electron chi connectivity index (χ3n) is 5.67. The van der Waals surface area contributed by atoms with Crippen LogP contribution in [0.1, 0.15) is 37.7 Å². The van der Waals surface area contributed by atoms with Gasteiger partial charge in [-0.3, -0.25) is 4.68 Å². The van der Waals surface area contributed by atoms with Crippen LogP contribution in [0.25, 0.3) is 11.3 Å². The van der Waals surface area contributed by atoms with E-state index in [2.05, 4.69) is 11.2 Å². The first kappa shape index (κ1) is 19.7. The van der Waals surface area contributed by atoms with Crippen molar-refractivity contribution in [3.63, 3.8) is 0 Å². The van der Waals surface area contributed by atoms with Gasteiger partial charge in [-0.25, -0.2) is 8.78 Å². The maximum Gasteiger partial charge on any atom is 0.141 e. The van der Waals surface area contributed by atoms with Crippen LogP contribution in [0.5, 0.6) is 0 Å². The number of aromatic nitrogens is 2. The SMILES string of the molecule is Cn1nccc1-c1ccc(Sc2cccc(C3(C#N)CCCCC3)c2F)c(F)c1. The Morgan fingerprint density at radius 3 is 2.52 bits per heavy atom. The summed E-state index contributed by atoms with van der Waals surface area (Å²) in [6.07, 6.45) is 5.92. The van der Waals surface area contributed by atoms with Crippen LogP contribution in [0.2, 0.25) is 0 Å². The van der Waals surface area contributed by atoms with Crippen molar-refractivity contribution in [1.29, 1.82) is 5.26 Å². The fourth-order valence-corrected chi connectivity index (χ4v) is 4.95. The van der Waals surface area contributed by atoms with Crippen molar-refractivity contribution in [3.05, 3.63) is 65.9 Å². The summed E-state index contributed by atoms with van der Waals surface area (Å²) in [5.41, 5.74) is 1.19. The average Bonchev–Trinajstić information content (AvgIpc) is 3.17.